The van der Waals surface area contributed by atoms with E-state index in [4.69, 9.17) is 0 Å². The third-order valence-corrected chi connectivity index (χ3v) is 4.36. The van der Waals surface area contributed by atoms with Gasteiger partial charge in [0, 0.05) is 11.4 Å². The SMILES string of the molecule is CC(=O)c1c(C)nn(CC(=O)NC2CC(=O)Nc3ccccc32)c1C. The summed E-state index contributed by atoms with van der Waals surface area (Å²) < 4.78 is 1.52. The smallest absolute Gasteiger partial charge is 0.242 e. The second kappa shape index (κ2) is 6.51. The maximum atomic E-state index is 12.5. The van der Waals surface area contributed by atoms with Gasteiger partial charge >= 0.3 is 0 Å². The number of hydrogen-bond donors (Lipinski definition) is 2. The maximum absolute atomic E-state index is 12.5. The number of anilines is 1. The lowest BCUT2D eigenvalue weighted by molar-refractivity contribution is -0.123. The maximum Gasteiger partial charge on any atom is 0.242 e. The number of aryl methyl sites for hydroxylation is 1. The van der Waals surface area contributed by atoms with Crippen LogP contribution in [0.2, 0.25) is 0 Å². The average Bonchev–Trinajstić information content (AvgIpc) is 2.81. The van der Waals surface area contributed by atoms with E-state index in [2.05, 4.69) is 15.7 Å². The van der Waals surface area contributed by atoms with Crippen LogP contribution < -0.4 is 10.6 Å². The van der Waals surface area contributed by atoms with Crippen LogP contribution >= 0.6 is 0 Å². The van der Waals surface area contributed by atoms with Crippen molar-refractivity contribution in [1.82, 2.24) is 15.1 Å². The molecule has 25 heavy (non-hydrogen) atoms. The van der Waals surface area contributed by atoms with Crippen LogP contribution in [0, 0.1) is 13.8 Å². The number of nitrogens with one attached hydrogen (secondary N) is 2. The van der Waals surface area contributed by atoms with E-state index in [1.807, 2.05) is 24.3 Å². The lowest BCUT2D eigenvalue weighted by Crippen LogP contribution is -2.37. The van der Waals surface area contributed by atoms with E-state index in [0.29, 0.717) is 22.6 Å². The Bertz CT molecular complexity index is 869. The molecule has 1 aromatic carbocycles. The van der Waals surface area contributed by atoms with Crippen LogP contribution in [0.15, 0.2) is 24.3 Å². The number of para-hydroxylation sites is 1. The highest BCUT2D eigenvalue weighted by atomic mass is 16.2. The van der Waals surface area contributed by atoms with E-state index in [1.54, 1.807) is 13.8 Å². The van der Waals surface area contributed by atoms with Crippen molar-refractivity contribution in [3.63, 3.8) is 0 Å². The van der Waals surface area contributed by atoms with Crippen LogP contribution in [-0.4, -0.2) is 27.4 Å². The Hall–Kier alpha value is -2.96. The number of hydrogen-bond acceptors (Lipinski definition) is 4. The third kappa shape index (κ3) is 3.31. The van der Waals surface area contributed by atoms with E-state index in [-0.39, 0.29) is 36.6 Å². The summed E-state index contributed by atoms with van der Waals surface area (Å²) in [4.78, 5) is 36.0. The minimum Gasteiger partial charge on any atom is -0.347 e. The highest BCUT2D eigenvalue weighted by Crippen LogP contribution is 2.29. The van der Waals surface area contributed by atoms with Crippen molar-refractivity contribution in [2.24, 2.45) is 0 Å². The molecule has 0 spiro atoms. The zero-order valence-corrected chi connectivity index (χ0v) is 14.4. The molecule has 2 aromatic rings. The lowest BCUT2D eigenvalue weighted by Gasteiger charge is -2.26. The zero-order chi connectivity index (χ0) is 18.1. The zero-order valence-electron chi connectivity index (χ0n) is 14.4. The van der Waals surface area contributed by atoms with Crippen LogP contribution in [0.1, 0.15) is 46.7 Å². The number of carbonyl (C=O) groups excluding carboxylic acids is 3. The summed E-state index contributed by atoms with van der Waals surface area (Å²) in [5, 5.41) is 9.97. The lowest BCUT2D eigenvalue weighted by atomic mass is 9.97. The van der Waals surface area contributed by atoms with Gasteiger partial charge in [-0.1, -0.05) is 18.2 Å². The van der Waals surface area contributed by atoms with Gasteiger partial charge in [-0.15, -0.1) is 0 Å². The van der Waals surface area contributed by atoms with E-state index in [0.717, 1.165) is 5.56 Å². The molecule has 1 aromatic heterocycles. The molecular formula is C18H20N4O3. The molecule has 2 amide bonds. The van der Waals surface area contributed by atoms with Gasteiger partial charge in [-0.25, -0.2) is 0 Å². The molecule has 2 N–H and O–H groups in total. The van der Waals surface area contributed by atoms with Gasteiger partial charge in [0.05, 0.1) is 23.7 Å². The number of amides is 2. The Morgan fingerprint density at radius 2 is 2.04 bits per heavy atom. The molecule has 0 saturated carbocycles. The number of fused-ring (bicyclic) bond motifs is 1. The van der Waals surface area contributed by atoms with Crippen molar-refractivity contribution in [2.75, 3.05) is 5.32 Å². The molecule has 1 aliphatic rings. The fourth-order valence-electron chi connectivity index (χ4n) is 3.28. The van der Waals surface area contributed by atoms with Crippen molar-refractivity contribution < 1.29 is 14.4 Å². The molecule has 0 bridgehead atoms. The molecular weight excluding hydrogens is 320 g/mol. The number of Topliss-reactive ketones (excluding diaryl/α,β-unsaturated/α-hetero) is 1. The number of rotatable bonds is 4. The highest BCUT2D eigenvalue weighted by Gasteiger charge is 2.26. The molecule has 7 nitrogen and oxygen atoms in total. The molecule has 1 unspecified atom stereocenters. The number of nitrogens with zero attached hydrogens (tertiary/aromatic N) is 2. The Morgan fingerprint density at radius 3 is 2.72 bits per heavy atom. The molecule has 3 rings (SSSR count). The Morgan fingerprint density at radius 1 is 1.32 bits per heavy atom. The fraction of sp³-hybridized carbons (Fsp3) is 0.333. The van der Waals surface area contributed by atoms with Gasteiger partial charge in [-0.2, -0.15) is 5.10 Å². The molecule has 130 valence electrons. The van der Waals surface area contributed by atoms with Crippen molar-refractivity contribution in [3.05, 3.63) is 46.8 Å². The summed E-state index contributed by atoms with van der Waals surface area (Å²) in [6, 6.07) is 7.03. The van der Waals surface area contributed by atoms with Gasteiger partial charge in [0.25, 0.3) is 0 Å². The number of benzene rings is 1. The van der Waals surface area contributed by atoms with Crippen molar-refractivity contribution in [2.45, 2.75) is 39.8 Å². The first-order chi connectivity index (χ1) is 11.9. The number of aromatic nitrogens is 2. The van der Waals surface area contributed by atoms with Crippen molar-refractivity contribution in [3.8, 4) is 0 Å². The summed E-state index contributed by atoms with van der Waals surface area (Å²) >= 11 is 0. The normalized spacial score (nSPS) is 16.1. The Labute approximate surface area is 145 Å². The van der Waals surface area contributed by atoms with Gasteiger partial charge in [0.2, 0.25) is 11.8 Å². The Kier molecular flexibility index (Phi) is 4.39. The summed E-state index contributed by atoms with van der Waals surface area (Å²) in [5.41, 5.74) is 3.43. The first-order valence-electron chi connectivity index (χ1n) is 8.10. The topological polar surface area (TPSA) is 93.1 Å². The van der Waals surface area contributed by atoms with Gasteiger partial charge in [0.15, 0.2) is 5.78 Å². The average molecular weight is 340 g/mol. The van der Waals surface area contributed by atoms with Gasteiger partial charge < -0.3 is 10.6 Å². The van der Waals surface area contributed by atoms with Crippen molar-refractivity contribution >= 4 is 23.3 Å². The largest absolute Gasteiger partial charge is 0.347 e. The fourth-order valence-corrected chi connectivity index (χ4v) is 3.28. The second-order valence-electron chi connectivity index (χ2n) is 6.22. The van der Waals surface area contributed by atoms with Gasteiger partial charge in [-0.3, -0.25) is 19.1 Å². The van der Waals surface area contributed by atoms with Gasteiger partial charge in [-0.05, 0) is 32.4 Å². The molecule has 1 aliphatic heterocycles. The molecule has 7 heteroatoms. The Balaban J connectivity index is 1.77. The second-order valence-corrected chi connectivity index (χ2v) is 6.22. The quantitative estimate of drug-likeness (QED) is 0.832. The number of carbonyl (C=O) groups is 3. The summed E-state index contributed by atoms with van der Waals surface area (Å²) in [5.74, 6) is -0.455. The highest BCUT2D eigenvalue weighted by molar-refractivity contribution is 5.96. The molecule has 0 aliphatic carbocycles. The molecule has 0 radical (unpaired) electrons. The van der Waals surface area contributed by atoms with E-state index in [1.165, 1.54) is 11.6 Å². The first kappa shape index (κ1) is 16.9. The predicted octanol–water partition coefficient (Wildman–Crippen LogP) is 1.90. The van der Waals surface area contributed by atoms with Crippen molar-refractivity contribution in [1.29, 1.82) is 0 Å². The minimum absolute atomic E-state index is 0.000237. The molecule has 2 heterocycles. The molecule has 0 saturated heterocycles. The van der Waals surface area contributed by atoms with E-state index < -0.39 is 0 Å². The summed E-state index contributed by atoms with van der Waals surface area (Å²) in [6.07, 6.45) is 0.193. The molecule has 0 fully saturated rings. The first-order valence-corrected chi connectivity index (χ1v) is 8.10. The van der Waals surface area contributed by atoms with Crippen LogP contribution in [0.25, 0.3) is 0 Å². The number of ketones is 1. The monoisotopic (exact) mass is 340 g/mol. The van der Waals surface area contributed by atoms with Crippen LogP contribution in [0.5, 0.6) is 0 Å². The van der Waals surface area contributed by atoms with Crippen LogP contribution in [0.4, 0.5) is 5.69 Å². The van der Waals surface area contributed by atoms with E-state index >= 15 is 0 Å². The summed E-state index contributed by atoms with van der Waals surface area (Å²) in [6.45, 7) is 5.01. The van der Waals surface area contributed by atoms with Crippen LogP contribution in [0.3, 0.4) is 0 Å². The summed E-state index contributed by atoms with van der Waals surface area (Å²) in [7, 11) is 0. The van der Waals surface area contributed by atoms with Crippen LogP contribution in [-0.2, 0) is 16.1 Å². The molecule has 1 atom stereocenters. The predicted molar refractivity (Wildman–Crippen MR) is 92.3 cm³/mol. The minimum atomic E-state index is -0.373. The van der Waals surface area contributed by atoms with E-state index in [9.17, 15) is 14.4 Å². The third-order valence-electron chi connectivity index (χ3n) is 4.36. The standard InChI is InChI=1S/C18H20N4O3/c1-10-18(12(3)23)11(2)22(21-10)9-17(25)20-15-8-16(24)19-14-7-5-4-6-13(14)15/h4-7,15H,8-9H2,1-3H3,(H,19,24)(H,20,25). The van der Waals surface area contributed by atoms with Gasteiger partial charge in [0.1, 0.15) is 6.54 Å².